The Morgan fingerprint density at radius 1 is 1.26 bits per heavy atom. The van der Waals surface area contributed by atoms with Crippen LogP contribution in [0, 0.1) is 0 Å². The molecule has 2 rings (SSSR count). The molecule has 1 aliphatic carbocycles. The van der Waals surface area contributed by atoms with Crippen molar-refractivity contribution in [2.75, 3.05) is 0 Å². The van der Waals surface area contributed by atoms with Crippen LogP contribution >= 0.6 is 23.2 Å². The van der Waals surface area contributed by atoms with Gasteiger partial charge in [0.1, 0.15) is 4.87 Å². The van der Waals surface area contributed by atoms with Gasteiger partial charge in [-0.2, -0.15) is 0 Å². The predicted octanol–water partition coefficient (Wildman–Crippen LogP) is 3.64. The molecule has 1 aromatic rings. The van der Waals surface area contributed by atoms with Gasteiger partial charge in [0.05, 0.1) is 5.38 Å². The van der Waals surface area contributed by atoms with E-state index in [1.54, 1.807) is 30.4 Å². The van der Waals surface area contributed by atoms with Crippen molar-refractivity contribution in [3.05, 3.63) is 72.5 Å². The highest BCUT2D eigenvalue weighted by molar-refractivity contribution is 6.35. The Kier molecular flexibility index (Phi) is 4.46. The van der Waals surface area contributed by atoms with E-state index in [0.717, 1.165) is 0 Å². The lowest BCUT2D eigenvalue weighted by Crippen LogP contribution is -2.29. The topological polar surface area (TPSA) is 29.1 Å². The Morgan fingerprint density at radius 2 is 2.00 bits per heavy atom. The minimum atomic E-state index is -0.805. The highest BCUT2D eigenvalue weighted by Crippen LogP contribution is 2.31. The van der Waals surface area contributed by atoms with Crippen molar-refractivity contribution in [2.45, 2.75) is 10.3 Å². The highest BCUT2D eigenvalue weighted by Gasteiger charge is 2.29. The Bertz CT molecular complexity index is 536. The SMILES string of the molecule is O=C(NC=CC1(Cl)C=CC=CC1Cl)c1ccccc1. The average molecular weight is 294 g/mol. The Morgan fingerprint density at radius 3 is 2.68 bits per heavy atom. The van der Waals surface area contributed by atoms with Crippen LogP contribution in [0.1, 0.15) is 10.4 Å². The lowest BCUT2D eigenvalue weighted by molar-refractivity contribution is 0.0970. The zero-order valence-corrected chi connectivity index (χ0v) is 11.6. The number of allylic oxidation sites excluding steroid dienone is 5. The predicted molar refractivity (Wildman–Crippen MR) is 79.6 cm³/mol. The average Bonchev–Trinajstić information content (AvgIpc) is 2.43. The largest absolute Gasteiger partial charge is 0.329 e. The van der Waals surface area contributed by atoms with Gasteiger partial charge in [-0.15, -0.1) is 23.2 Å². The van der Waals surface area contributed by atoms with Gasteiger partial charge in [-0.1, -0.05) is 42.5 Å². The van der Waals surface area contributed by atoms with E-state index in [1.807, 2.05) is 30.4 Å². The Labute approximate surface area is 122 Å². The van der Waals surface area contributed by atoms with E-state index in [-0.39, 0.29) is 11.3 Å². The normalized spacial score (nSPS) is 25.7. The quantitative estimate of drug-likeness (QED) is 0.847. The van der Waals surface area contributed by atoms with Crippen molar-refractivity contribution in [3.8, 4) is 0 Å². The van der Waals surface area contributed by atoms with Gasteiger partial charge < -0.3 is 5.32 Å². The van der Waals surface area contributed by atoms with E-state index in [9.17, 15) is 4.79 Å². The molecule has 0 radical (unpaired) electrons. The summed E-state index contributed by atoms with van der Waals surface area (Å²) in [6.07, 6.45) is 10.5. The molecular weight excluding hydrogens is 281 g/mol. The third kappa shape index (κ3) is 3.49. The molecule has 19 heavy (non-hydrogen) atoms. The van der Waals surface area contributed by atoms with Crippen molar-refractivity contribution in [1.82, 2.24) is 5.32 Å². The highest BCUT2D eigenvalue weighted by atomic mass is 35.5. The van der Waals surface area contributed by atoms with Crippen molar-refractivity contribution >= 4 is 29.1 Å². The van der Waals surface area contributed by atoms with E-state index in [2.05, 4.69) is 5.32 Å². The van der Waals surface area contributed by atoms with Crippen LogP contribution in [0.15, 0.2) is 66.9 Å². The second kappa shape index (κ2) is 6.09. The number of amides is 1. The van der Waals surface area contributed by atoms with Crippen LogP contribution < -0.4 is 5.32 Å². The number of alkyl halides is 2. The molecule has 0 aromatic heterocycles. The maximum Gasteiger partial charge on any atom is 0.255 e. The molecule has 98 valence electrons. The lowest BCUT2D eigenvalue weighted by Gasteiger charge is -2.24. The summed E-state index contributed by atoms with van der Waals surface area (Å²) in [7, 11) is 0. The van der Waals surface area contributed by atoms with E-state index < -0.39 is 4.87 Å². The first-order valence-corrected chi connectivity index (χ1v) is 6.66. The first kappa shape index (κ1) is 13.9. The zero-order chi connectivity index (χ0) is 13.7. The molecule has 1 aromatic carbocycles. The molecule has 2 nitrogen and oxygen atoms in total. The second-order valence-corrected chi connectivity index (χ2v) is 5.27. The van der Waals surface area contributed by atoms with E-state index in [0.29, 0.717) is 5.56 Å². The summed E-state index contributed by atoms with van der Waals surface area (Å²) >= 11 is 12.5. The molecule has 0 saturated heterocycles. The van der Waals surface area contributed by atoms with E-state index in [1.165, 1.54) is 6.20 Å². The van der Waals surface area contributed by atoms with Gasteiger partial charge >= 0.3 is 0 Å². The van der Waals surface area contributed by atoms with Crippen molar-refractivity contribution in [1.29, 1.82) is 0 Å². The number of halogens is 2. The van der Waals surface area contributed by atoms with Crippen LogP contribution in [-0.2, 0) is 0 Å². The zero-order valence-electron chi connectivity index (χ0n) is 10.1. The first-order valence-electron chi connectivity index (χ1n) is 5.84. The van der Waals surface area contributed by atoms with Crippen molar-refractivity contribution in [3.63, 3.8) is 0 Å². The second-order valence-electron chi connectivity index (χ2n) is 4.15. The van der Waals surface area contributed by atoms with Gasteiger partial charge in [-0.05, 0) is 18.2 Å². The fourth-order valence-electron chi connectivity index (χ4n) is 1.67. The number of rotatable bonds is 3. The summed E-state index contributed by atoms with van der Waals surface area (Å²) in [4.78, 5) is 11.0. The minimum absolute atomic E-state index is 0.182. The van der Waals surface area contributed by atoms with Crippen LogP contribution in [0.3, 0.4) is 0 Å². The van der Waals surface area contributed by atoms with Gasteiger partial charge in [0.2, 0.25) is 0 Å². The molecule has 0 fully saturated rings. The standard InChI is InChI=1S/C15H13Cl2NO/c16-13-8-4-5-9-15(13,17)10-11-18-14(19)12-6-2-1-3-7-12/h1-11,13H,(H,18,19). The van der Waals surface area contributed by atoms with Crippen LogP contribution in [0.5, 0.6) is 0 Å². The molecule has 1 amide bonds. The maximum atomic E-state index is 11.8. The first-order chi connectivity index (χ1) is 9.12. The summed E-state index contributed by atoms with van der Waals surface area (Å²) in [5.41, 5.74) is 0.595. The Balaban J connectivity index is 1.99. The van der Waals surface area contributed by atoms with Gasteiger partial charge in [-0.3, -0.25) is 4.79 Å². The third-order valence-corrected chi connectivity index (χ3v) is 3.86. The maximum absolute atomic E-state index is 11.8. The molecular formula is C15H13Cl2NO. The van der Waals surface area contributed by atoms with Crippen molar-refractivity contribution in [2.24, 2.45) is 0 Å². The molecule has 0 saturated carbocycles. The molecule has 0 spiro atoms. The summed E-state index contributed by atoms with van der Waals surface area (Å²) in [6.45, 7) is 0. The third-order valence-electron chi connectivity index (χ3n) is 2.75. The molecule has 4 heteroatoms. The summed E-state index contributed by atoms with van der Waals surface area (Å²) in [6, 6.07) is 8.97. The van der Waals surface area contributed by atoms with Crippen LogP contribution in [0.4, 0.5) is 0 Å². The van der Waals surface area contributed by atoms with Gasteiger partial charge in [0, 0.05) is 11.8 Å². The summed E-state index contributed by atoms with van der Waals surface area (Å²) < 4.78 is 0. The minimum Gasteiger partial charge on any atom is -0.329 e. The van der Waals surface area contributed by atoms with Gasteiger partial charge in [0.25, 0.3) is 5.91 Å². The molecule has 2 atom stereocenters. The monoisotopic (exact) mass is 293 g/mol. The fourth-order valence-corrected chi connectivity index (χ4v) is 2.11. The molecule has 0 bridgehead atoms. The molecule has 0 heterocycles. The fraction of sp³-hybridized carbons (Fsp3) is 0.133. The van der Waals surface area contributed by atoms with Crippen LogP contribution in [-0.4, -0.2) is 16.2 Å². The van der Waals surface area contributed by atoms with Crippen LogP contribution in [0.25, 0.3) is 0 Å². The number of nitrogens with one attached hydrogen (secondary N) is 1. The molecule has 2 unspecified atom stereocenters. The van der Waals surface area contributed by atoms with Crippen LogP contribution in [0.2, 0.25) is 0 Å². The lowest BCUT2D eigenvalue weighted by atomic mass is 9.99. The number of carbonyl (C=O) groups excluding carboxylic acids is 1. The van der Waals surface area contributed by atoms with Gasteiger partial charge in [0.15, 0.2) is 0 Å². The van der Waals surface area contributed by atoms with Crippen molar-refractivity contribution < 1.29 is 4.79 Å². The number of benzene rings is 1. The Hall–Kier alpha value is -1.51. The van der Waals surface area contributed by atoms with E-state index >= 15 is 0 Å². The summed E-state index contributed by atoms with van der Waals surface area (Å²) in [5.74, 6) is -0.182. The van der Waals surface area contributed by atoms with E-state index in [4.69, 9.17) is 23.2 Å². The molecule has 1 N–H and O–H groups in total. The molecule has 0 aliphatic heterocycles. The number of hydrogen-bond acceptors (Lipinski definition) is 1. The number of carbonyl (C=O) groups is 1. The molecule has 1 aliphatic rings. The van der Waals surface area contributed by atoms with Gasteiger partial charge in [-0.25, -0.2) is 0 Å². The number of hydrogen-bond donors (Lipinski definition) is 1. The smallest absolute Gasteiger partial charge is 0.255 e. The summed E-state index contributed by atoms with van der Waals surface area (Å²) in [5, 5.41) is 2.33.